The number of hydrogen-bond donors (Lipinski definition) is 1. The average Bonchev–Trinajstić information content (AvgIpc) is 3.30. The molecule has 0 bridgehead atoms. The Morgan fingerprint density at radius 1 is 1.16 bits per heavy atom. The van der Waals surface area contributed by atoms with Gasteiger partial charge in [0, 0.05) is 62.9 Å². The van der Waals surface area contributed by atoms with Crippen molar-refractivity contribution in [2.45, 2.75) is 38.3 Å². The van der Waals surface area contributed by atoms with Gasteiger partial charge < -0.3 is 10.2 Å². The molecule has 19 heavy (non-hydrogen) atoms. The molecule has 3 fully saturated rings. The highest BCUT2D eigenvalue weighted by atomic mass is 32.2. The molecule has 3 nitrogen and oxygen atoms in total. The van der Waals surface area contributed by atoms with E-state index in [0.717, 1.165) is 18.0 Å². The highest BCUT2D eigenvalue weighted by Gasteiger charge is 2.36. The lowest BCUT2D eigenvalue weighted by Gasteiger charge is -2.41. The lowest BCUT2D eigenvalue weighted by molar-refractivity contribution is 0.104. The van der Waals surface area contributed by atoms with E-state index in [2.05, 4.69) is 33.8 Å². The number of rotatable bonds is 5. The Hall–Kier alpha value is 0.230. The van der Waals surface area contributed by atoms with Crippen molar-refractivity contribution in [3.8, 4) is 0 Å². The molecule has 4 heteroatoms. The number of nitrogens with one attached hydrogen (secondary N) is 1. The topological polar surface area (TPSA) is 18.5 Å². The van der Waals surface area contributed by atoms with E-state index in [1.54, 1.807) is 0 Å². The van der Waals surface area contributed by atoms with Gasteiger partial charge in [0.2, 0.25) is 0 Å². The van der Waals surface area contributed by atoms with Gasteiger partial charge in [-0.2, -0.15) is 11.8 Å². The summed E-state index contributed by atoms with van der Waals surface area (Å²) in [7, 11) is 0. The maximum atomic E-state index is 3.79. The third kappa shape index (κ3) is 3.87. The monoisotopic (exact) mass is 283 g/mol. The molecule has 2 aliphatic heterocycles. The summed E-state index contributed by atoms with van der Waals surface area (Å²) < 4.78 is 0. The Bertz CT molecular complexity index is 277. The molecule has 0 aromatic rings. The van der Waals surface area contributed by atoms with Gasteiger partial charge in [0.1, 0.15) is 0 Å². The Morgan fingerprint density at radius 2 is 1.95 bits per heavy atom. The minimum atomic E-state index is 0.772. The van der Waals surface area contributed by atoms with Gasteiger partial charge in [-0.3, -0.25) is 4.90 Å². The maximum Gasteiger partial charge on any atom is 0.0224 e. The van der Waals surface area contributed by atoms with E-state index in [4.69, 9.17) is 0 Å². The first-order valence-corrected chi connectivity index (χ1v) is 9.30. The van der Waals surface area contributed by atoms with Crippen molar-refractivity contribution in [3.63, 3.8) is 0 Å². The van der Waals surface area contributed by atoms with Crippen molar-refractivity contribution in [1.82, 2.24) is 15.1 Å². The van der Waals surface area contributed by atoms with E-state index < -0.39 is 0 Å². The molecule has 2 heterocycles. The Balaban J connectivity index is 1.47. The molecular formula is C15H29N3S. The molecule has 3 rings (SSSR count). The van der Waals surface area contributed by atoms with Crippen LogP contribution in [0.15, 0.2) is 0 Å². The van der Waals surface area contributed by atoms with Gasteiger partial charge in [-0.15, -0.1) is 0 Å². The predicted molar refractivity (Wildman–Crippen MR) is 83.9 cm³/mol. The third-order valence-corrected chi connectivity index (χ3v) is 5.98. The molecule has 0 spiro atoms. The summed E-state index contributed by atoms with van der Waals surface area (Å²) in [5, 5.41) is 3.79. The van der Waals surface area contributed by atoms with Gasteiger partial charge in [0.05, 0.1) is 0 Å². The third-order valence-electron chi connectivity index (χ3n) is 5.03. The molecule has 110 valence electrons. The Labute approximate surface area is 122 Å². The zero-order valence-corrected chi connectivity index (χ0v) is 13.1. The van der Waals surface area contributed by atoms with E-state index >= 15 is 0 Å². The fourth-order valence-electron chi connectivity index (χ4n) is 3.47. The van der Waals surface area contributed by atoms with Crippen molar-refractivity contribution in [2.24, 2.45) is 5.92 Å². The summed E-state index contributed by atoms with van der Waals surface area (Å²) in [4.78, 5) is 5.44. The van der Waals surface area contributed by atoms with E-state index in [0.29, 0.717) is 0 Å². The Kier molecular flexibility index (Phi) is 5.07. The predicted octanol–water partition coefficient (Wildman–Crippen LogP) is 1.50. The molecule has 0 aromatic heterocycles. The second-order valence-corrected chi connectivity index (χ2v) is 7.59. The largest absolute Gasteiger partial charge is 0.311 e. The van der Waals surface area contributed by atoms with Crippen LogP contribution in [0, 0.1) is 5.92 Å². The van der Waals surface area contributed by atoms with E-state index in [1.807, 2.05) is 0 Å². The lowest BCUT2D eigenvalue weighted by atomic mass is 10.0. The molecule has 0 amide bonds. The number of hydrogen-bond acceptors (Lipinski definition) is 4. The summed E-state index contributed by atoms with van der Waals surface area (Å²) in [6.45, 7) is 10.0. The van der Waals surface area contributed by atoms with Crippen LogP contribution < -0.4 is 5.32 Å². The SMILES string of the molecule is CCC1CNC(C2CC2)CN1CCN1CCSCC1. The van der Waals surface area contributed by atoms with Gasteiger partial charge in [-0.1, -0.05) is 6.92 Å². The highest BCUT2D eigenvalue weighted by molar-refractivity contribution is 7.99. The average molecular weight is 283 g/mol. The first-order valence-electron chi connectivity index (χ1n) is 8.14. The Morgan fingerprint density at radius 3 is 2.63 bits per heavy atom. The van der Waals surface area contributed by atoms with Crippen LogP contribution in [0.5, 0.6) is 0 Å². The smallest absolute Gasteiger partial charge is 0.0224 e. The summed E-state index contributed by atoms with van der Waals surface area (Å²) in [6, 6.07) is 1.56. The molecule has 2 unspecified atom stereocenters. The van der Waals surface area contributed by atoms with Gasteiger partial charge in [-0.05, 0) is 25.2 Å². The molecule has 0 radical (unpaired) electrons. The molecule has 1 aliphatic carbocycles. The van der Waals surface area contributed by atoms with Crippen LogP contribution in [0.1, 0.15) is 26.2 Å². The summed E-state index contributed by atoms with van der Waals surface area (Å²) >= 11 is 2.11. The van der Waals surface area contributed by atoms with Crippen molar-refractivity contribution >= 4 is 11.8 Å². The van der Waals surface area contributed by atoms with Crippen molar-refractivity contribution in [2.75, 3.05) is 50.8 Å². The van der Waals surface area contributed by atoms with Gasteiger partial charge >= 0.3 is 0 Å². The number of thioether (sulfide) groups is 1. The van der Waals surface area contributed by atoms with Crippen LogP contribution >= 0.6 is 11.8 Å². The molecule has 2 atom stereocenters. The maximum absolute atomic E-state index is 3.79. The van der Waals surface area contributed by atoms with Gasteiger partial charge in [0.15, 0.2) is 0 Å². The van der Waals surface area contributed by atoms with Crippen LogP contribution in [-0.2, 0) is 0 Å². The van der Waals surface area contributed by atoms with E-state index in [-0.39, 0.29) is 0 Å². The van der Waals surface area contributed by atoms with E-state index in [9.17, 15) is 0 Å². The van der Waals surface area contributed by atoms with Crippen molar-refractivity contribution in [3.05, 3.63) is 0 Å². The molecular weight excluding hydrogens is 254 g/mol. The zero-order valence-electron chi connectivity index (χ0n) is 12.3. The fourth-order valence-corrected chi connectivity index (χ4v) is 4.45. The summed E-state index contributed by atoms with van der Waals surface area (Å²) in [5.41, 5.74) is 0. The molecule has 0 aromatic carbocycles. The standard InChI is InChI=1S/C15H29N3S/c1-2-14-11-16-15(13-3-4-13)12-18(14)6-5-17-7-9-19-10-8-17/h13-16H,2-12H2,1H3. The van der Waals surface area contributed by atoms with Crippen LogP contribution in [-0.4, -0.2) is 72.7 Å². The van der Waals surface area contributed by atoms with Crippen LogP contribution in [0.2, 0.25) is 0 Å². The number of nitrogens with zero attached hydrogens (tertiary/aromatic N) is 2. The minimum Gasteiger partial charge on any atom is -0.311 e. The first kappa shape index (κ1) is 14.2. The first-order chi connectivity index (χ1) is 9.36. The number of piperazine rings is 1. The molecule has 1 saturated carbocycles. The quantitative estimate of drug-likeness (QED) is 0.824. The van der Waals surface area contributed by atoms with Gasteiger partial charge in [-0.25, -0.2) is 0 Å². The van der Waals surface area contributed by atoms with Crippen molar-refractivity contribution in [1.29, 1.82) is 0 Å². The summed E-state index contributed by atoms with van der Waals surface area (Å²) in [6.07, 6.45) is 4.22. The highest BCUT2D eigenvalue weighted by Crippen LogP contribution is 2.34. The van der Waals surface area contributed by atoms with Gasteiger partial charge in [0.25, 0.3) is 0 Å². The lowest BCUT2D eigenvalue weighted by Crippen LogP contribution is -2.58. The minimum absolute atomic E-state index is 0.772. The molecule has 3 aliphatic rings. The van der Waals surface area contributed by atoms with Crippen LogP contribution in [0.25, 0.3) is 0 Å². The normalized spacial score (nSPS) is 34.6. The van der Waals surface area contributed by atoms with Crippen LogP contribution in [0.4, 0.5) is 0 Å². The van der Waals surface area contributed by atoms with Crippen molar-refractivity contribution < 1.29 is 0 Å². The second kappa shape index (κ2) is 6.79. The molecule has 1 N–H and O–H groups in total. The van der Waals surface area contributed by atoms with E-state index in [1.165, 1.54) is 70.0 Å². The zero-order chi connectivity index (χ0) is 13.1. The molecule has 2 saturated heterocycles. The summed E-state index contributed by atoms with van der Waals surface area (Å²) in [5.74, 6) is 3.67. The second-order valence-electron chi connectivity index (χ2n) is 6.36. The fraction of sp³-hybridized carbons (Fsp3) is 1.00. The van der Waals surface area contributed by atoms with Crippen LogP contribution in [0.3, 0.4) is 0 Å².